The minimum atomic E-state index is -3.42. The predicted octanol–water partition coefficient (Wildman–Crippen LogP) is 1.34. The normalized spacial score (nSPS) is 11.4. The molecule has 0 radical (unpaired) electrons. The van der Waals surface area contributed by atoms with Crippen LogP contribution in [0.3, 0.4) is 0 Å². The molecule has 0 heterocycles. The Morgan fingerprint density at radius 2 is 2.06 bits per heavy atom. The van der Waals surface area contributed by atoms with Crippen molar-refractivity contribution in [1.29, 1.82) is 0 Å². The second-order valence-electron chi connectivity index (χ2n) is 3.73. The summed E-state index contributed by atoms with van der Waals surface area (Å²) in [6.45, 7) is 2.11. The predicted molar refractivity (Wildman–Crippen MR) is 72.4 cm³/mol. The monoisotopic (exact) mass is 272 g/mol. The maximum atomic E-state index is 11.9. The third-order valence-corrected chi connectivity index (χ3v) is 4.10. The van der Waals surface area contributed by atoms with Crippen LogP contribution in [0.5, 0.6) is 0 Å². The molecule has 1 aromatic rings. The average Bonchev–Trinajstić information content (AvgIpc) is 2.24. The molecule has 0 fully saturated rings. The number of thiocarbonyl (C=S) groups is 1. The van der Waals surface area contributed by atoms with E-state index in [1.807, 2.05) is 0 Å². The Morgan fingerprint density at radius 1 is 1.41 bits per heavy atom. The van der Waals surface area contributed by atoms with Crippen molar-refractivity contribution in [2.45, 2.75) is 24.7 Å². The van der Waals surface area contributed by atoms with E-state index in [9.17, 15) is 8.42 Å². The quantitative estimate of drug-likeness (QED) is 0.605. The number of aryl methyl sites for hydroxylation is 1. The molecule has 0 aliphatic heterocycles. The highest BCUT2D eigenvalue weighted by Crippen LogP contribution is 2.13. The molecule has 0 aliphatic carbocycles. The number of nitrogens with two attached hydrogens (primary N) is 1. The Morgan fingerprint density at radius 3 is 2.65 bits per heavy atom. The summed E-state index contributed by atoms with van der Waals surface area (Å²) in [5.74, 6) is 0. The first-order valence-electron chi connectivity index (χ1n) is 5.27. The molecule has 94 valence electrons. The second-order valence-corrected chi connectivity index (χ2v) is 5.99. The van der Waals surface area contributed by atoms with Crippen molar-refractivity contribution >= 4 is 27.2 Å². The van der Waals surface area contributed by atoms with Gasteiger partial charge in [-0.3, -0.25) is 0 Å². The molecule has 0 atom stereocenters. The van der Waals surface area contributed by atoms with Crippen molar-refractivity contribution in [3.8, 4) is 0 Å². The minimum Gasteiger partial charge on any atom is -0.393 e. The van der Waals surface area contributed by atoms with Crippen LogP contribution < -0.4 is 10.5 Å². The third kappa shape index (κ3) is 4.41. The van der Waals surface area contributed by atoms with Gasteiger partial charge in [-0.05, 0) is 31.4 Å². The van der Waals surface area contributed by atoms with Gasteiger partial charge in [0.15, 0.2) is 0 Å². The zero-order valence-electron chi connectivity index (χ0n) is 9.64. The van der Waals surface area contributed by atoms with Crippen molar-refractivity contribution in [1.82, 2.24) is 4.72 Å². The molecular weight excluding hydrogens is 256 g/mol. The largest absolute Gasteiger partial charge is 0.393 e. The first-order chi connectivity index (χ1) is 7.93. The van der Waals surface area contributed by atoms with Gasteiger partial charge >= 0.3 is 0 Å². The summed E-state index contributed by atoms with van der Waals surface area (Å²) in [6.07, 6.45) is 1.16. The molecule has 17 heavy (non-hydrogen) atoms. The van der Waals surface area contributed by atoms with Gasteiger partial charge < -0.3 is 5.73 Å². The van der Waals surface area contributed by atoms with E-state index in [0.29, 0.717) is 29.3 Å². The molecule has 0 aromatic heterocycles. The summed E-state index contributed by atoms with van der Waals surface area (Å²) in [4.78, 5) is 0.718. The molecular formula is C11H16N2O2S2. The fraction of sp³-hybridized carbons (Fsp3) is 0.364. The van der Waals surface area contributed by atoms with Crippen molar-refractivity contribution in [3.63, 3.8) is 0 Å². The van der Waals surface area contributed by atoms with E-state index >= 15 is 0 Å². The van der Waals surface area contributed by atoms with E-state index in [4.69, 9.17) is 18.0 Å². The van der Waals surface area contributed by atoms with Crippen LogP contribution in [-0.4, -0.2) is 20.0 Å². The van der Waals surface area contributed by atoms with Crippen LogP contribution in [0.25, 0.3) is 0 Å². The van der Waals surface area contributed by atoms with E-state index < -0.39 is 10.0 Å². The molecule has 4 nitrogen and oxygen atoms in total. The van der Waals surface area contributed by atoms with E-state index in [0.717, 1.165) is 5.56 Å². The van der Waals surface area contributed by atoms with Gasteiger partial charge in [0, 0.05) is 6.54 Å². The van der Waals surface area contributed by atoms with Crippen LogP contribution in [0.2, 0.25) is 0 Å². The number of benzene rings is 1. The summed E-state index contributed by atoms with van der Waals surface area (Å²) in [5.41, 5.74) is 6.06. The lowest BCUT2D eigenvalue weighted by molar-refractivity contribution is 0.579. The van der Waals surface area contributed by atoms with Crippen LogP contribution in [0.1, 0.15) is 18.4 Å². The molecule has 0 aliphatic rings. The summed E-state index contributed by atoms with van der Waals surface area (Å²) >= 11 is 4.72. The highest BCUT2D eigenvalue weighted by atomic mass is 32.2. The zero-order chi connectivity index (χ0) is 12.9. The Balaban J connectivity index is 2.64. The van der Waals surface area contributed by atoms with Gasteiger partial charge in [0.05, 0.1) is 9.88 Å². The first-order valence-corrected chi connectivity index (χ1v) is 7.16. The smallest absolute Gasteiger partial charge is 0.240 e. The molecule has 0 saturated carbocycles. The van der Waals surface area contributed by atoms with Crippen LogP contribution in [0, 0.1) is 6.92 Å². The van der Waals surface area contributed by atoms with Gasteiger partial charge in [0.2, 0.25) is 10.0 Å². The standard InChI is InChI=1S/C11H16N2O2S2/c1-9-5-2-3-6-10(9)17(14,15)13-8-4-7-11(12)16/h2-3,5-6,13H,4,7-8H2,1H3,(H2,12,16). The van der Waals surface area contributed by atoms with Crippen LogP contribution in [0.4, 0.5) is 0 Å². The lowest BCUT2D eigenvalue weighted by Gasteiger charge is -2.08. The molecule has 0 bridgehead atoms. The van der Waals surface area contributed by atoms with Gasteiger partial charge in [0.25, 0.3) is 0 Å². The molecule has 3 N–H and O–H groups in total. The number of sulfonamides is 1. The lowest BCUT2D eigenvalue weighted by atomic mass is 10.2. The molecule has 1 aromatic carbocycles. The number of hydrogen-bond donors (Lipinski definition) is 2. The van der Waals surface area contributed by atoms with Crippen LogP contribution in [0.15, 0.2) is 29.2 Å². The summed E-state index contributed by atoms with van der Waals surface area (Å²) in [6, 6.07) is 6.87. The van der Waals surface area contributed by atoms with Gasteiger partial charge in [-0.2, -0.15) is 0 Å². The second kappa shape index (κ2) is 6.09. The van der Waals surface area contributed by atoms with Crippen LogP contribution >= 0.6 is 12.2 Å². The summed E-state index contributed by atoms with van der Waals surface area (Å²) in [5, 5.41) is 0. The lowest BCUT2D eigenvalue weighted by Crippen LogP contribution is -2.26. The van der Waals surface area contributed by atoms with Gasteiger partial charge in [0.1, 0.15) is 0 Å². The van der Waals surface area contributed by atoms with Crippen molar-refractivity contribution in [2.75, 3.05) is 6.54 Å². The van der Waals surface area contributed by atoms with Gasteiger partial charge in [-0.1, -0.05) is 30.4 Å². The highest BCUT2D eigenvalue weighted by molar-refractivity contribution is 7.89. The molecule has 6 heteroatoms. The molecule has 0 spiro atoms. The summed E-state index contributed by atoms with van der Waals surface area (Å²) < 4.78 is 26.4. The Hall–Kier alpha value is -0.980. The average molecular weight is 272 g/mol. The topological polar surface area (TPSA) is 72.2 Å². The number of hydrogen-bond acceptors (Lipinski definition) is 3. The van der Waals surface area contributed by atoms with E-state index in [1.165, 1.54) is 0 Å². The molecule has 0 unspecified atom stereocenters. The van der Waals surface area contributed by atoms with Crippen molar-refractivity contribution < 1.29 is 8.42 Å². The third-order valence-electron chi connectivity index (χ3n) is 2.28. The SMILES string of the molecule is Cc1ccccc1S(=O)(=O)NCCCC(N)=S. The number of rotatable bonds is 6. The van der Waals surface area contributed by atoms with E-state index in [1.54, 1.807) is 31.2 Å². The maximum absolute atomic E-state index is 11.9. The fourth-order valence-electron chi connectivity index (χ4n) is 1.40. The number of nitrogens with one attached hydrogen (secondary N) is 1. The molecule has 0 amide bonds. The maximum Gasteiger partial charge on any atom is 0.240 e. The Kier molecular flexibility index (Phi) is 5.04. The zero-order valence-corrected chi connectivity index (χ0v) is 11.3. The summed E-state index contributed by atoms with van der Waals surface area (Å²) in [7, 11) is -3.42. The Bertz CT molecular complexity index is 498. The van der Waals surface area contributed by atoms with E-state index in [2.05, 4.69) is 4.72 Å². The van der Waals surface area contributed by atoms with E-state index in [-0.39, 0.29) is 0 Å². The Labute approximate surface area is 107 Å². The van der Waals surface area contributed by atoms with Gasteiger partial charge in [-0.25, -0.2) is 13.1 Å². The van der Waals surface area contributed by atoms with Crippen LogP contribution in [-0.2, 0) is 10.0 Å². The first kappa shape index (κ1) is 14.1. The van der Waals surface area contributed by atoms with Gasteiger partial charge in [-0.15, -0.1) is 0 Å². The fourth-order valence-corrected chi connectivity index (χ4v) is 2.87. The highest BCUT2D eigenvalue weighted by Gasteiger charge is 2.14. The minimum absolute atomic E-state index is 0.315. The van der Waals surface area contributed by atoms with Crippen molar-refractivity contribution in [2.24, 2.45) is 5.73 Å². The molecule has 0 saturated heterocycles. The van der Waals surface area contributed by atoms with Crippen molar-refractivity contribution in [3.05, 3.63) is 29.8 Å². The molecule has 1 rings (SSSR count).